The summed E-state index contributed by atoms with van der Waals surface area (Å²) in [6.45, 7) is 2.96. The van der Waals surface area contributed by atoms with E-state index in [0.717, 1.165) is 89.9 Å². The largest absolute Gasteiger partial charge is 0.472 e. The highest BCUT2D eigenvalue weighted by Gasteiger charge is 2.51. The van der Waals surface area contributed by atoms with E-state index < -0.39 is 87.9 Å². The van der Waals surface area contributed by atoms with Crippen molar-refractivity contribution in [2.75, 3.05) is 13.2 Å². The van der Waals surface area contributed by atoms with Crippen LogP contribution in [0.4, 0.5) is 0 Å². The summed E-state index contributed by atoms with van der Waals surface area (Å²) in [6, 6.07) is 0. The Kier molecular flexibility index (Phi) is 35.4. The number of aliphatic hydroxyl groups is 7. The first kappa shape index (κ1) is 60.2. The van der Waals surface area contributed by atoms with Crippen LogP contribution in [0, 0.1) is 0 Å². The van der Waals surface area contributed by atoms with Crippen LogP contribution in [0.15, 0.2) is 72.9 Å². The van der Waals surface area contributed by atoms with Crippen LogP contribution in [0.2, 0.25) is 0 Å². The minimum absolute atomic E-state index is 0.0219. The van der Waals surface area contributed by atoms with Crippen LogP contribution >= 0.6 is 7.82 Å². The van der Waals surface area contributed by atoms with Gasteiger partial charge in [0.1, 0.15) is 43.2 Å². The zero-order valence-electron chi connectivity index (χ0n) is 39.0. The second-order valence-corrected chi connectivity index (χ2v) is 17.9. The quantitative estimate of drug-likeness (QED) is 0.0130. The van der Waals surface area contributed by atoms with Crippen molar-refractivity contribution < 1.29 is 73.3 Å². The summed E-state index contributed by atoms with van der Waals surface area (Å²) in [5, 5.41) is 70.7. The monoisotopic (exact) mass is 943 g/mol. The van der Waals surface area contributed by atoms with Gasteiger partial charge >= 0.3 is 19.8 Å². The Bertz CT molecular complexity index is 1450. The summed E-state index contributed by atoms with van der Waals surface area (Å²) in [7, 11) is -5.17. The molecule has 0 aromatic heterocycles. The number of phosphoric acid groups is 1. The minimum Gasteiger partial charge on any atom is -0.462 e. The van der Waals surface area contributed by atoms with Gasteiger partial charge in [0.05, 0.1) is 18.8 Å². The Morgan fingerprint density at radius 3 is 1.62 bits per heavy atom. The molecule has 3 unspecified atom stereocenters. The number of carbonyl (C=O) groups is 2. The molecule has 374 valence electrons. The van der Waals surface area contributed by atoms with Crippen molar-refractivity contribution in [2.45, 2.75) is 210 Å². The van der Waals surface area contributed by atoms with Crippen LogP contribution in [-0.2, 0) is 32.7 Å². The number of aliphatic hydroxyl groups excluding tert-OH is 7. The molecule has 0 bridgehead atoms. The lowest BCUT2D eigenvalue weighted by Gasteiger charge is -2.41. The minimum atomic E-state index is -5.17. The van der Waals surface area contributed by atoms with Gasteiger partial charge < -0.3 is 50.1 Å². The second-order valence-electron chi connectivity index (χ2n) is 16.5. The predicted octanol–water partition coefficient (Wildman–Crippen LogP) is 7.44. The summed E-state index contributed by atoms with van der Waals surface area (Å²) in [6.07, 6.45) is 26.7. The van der Waals surface area contributed by atoms with Crippen molar-refractivity contribution >= 4 is 19.8 Å². The third kappa shape index (κ3) is 30.3. The fourth-order valence-electron chi connectivity index (χ4n) is 6.75. The number of esters is 2. The molecule has 16 heteroatoms. The normalized spacial score (nSPS) is 23.0. The number of ether oxygens (including phenoxy) is 2. The van der Waals surface area contributed by atoms with Gasteiger partial charge in [0, 0.05) is 12.8 Å². The topological polar surface area (TPSA) is 250 Å². The van der Waals surface area contributed by atoms with Gasteiger partial charge in [-0.25, -0.2) is 4.57 Å². The van der Waals surface area contributed by atoms with E-state index in [1.165, 1.54) is 6.42 Å². The van der Waals surface area contributed by atoms with E-state index >= 15 is 0 Å². The lowest BCUT2D eigenvalue weighted by Crippen LogP contribution is -2.64. The first-order valence-electron chi connectivity index (χ1n) is 23.9. The first-order valence-corrected chi connectivity index (χ1v) is 25.4. The summed E-state index contributed by atoms with van der Waals surface area (Å²) < 4.78 is 33.4. The molecular weight excluding hydrogens is 859 g/mol. The predicted molar refractivity (Wildman–Crippen MR) is 251 cm³/mol. The van der Waals surface area contributed by atoms with Crippen molar-refractivity contribution in [3.05, 3.63) is 72.9 Å². The van der Waals surface area contributed by atoms with E-state index in [1.807, 2.05) is 12.2 Å². The maximum absolute atomic E-state index is 12.8. The van der Waals surface area contributed by atoms with Gasteiger partial charge in [0.15, 0.2) is 6.10 Å². The van der Waals surface area contributed by atoms with Gasteiger partial charge in [0.2, 0.25) is 0 Å². The highest BCUT2D eigenvalue weighted by molar-refractivity contribution is 7.47. The molecule has 1 aliphatic rings. The molecule has 1 saturated carbocycles. The second kappa shape index (κ2) is 38.2. The van der Waals surface area contributed by atoms with E-state index in [1.54, 1.807) is 0 Å². The molecule has 1 fully saturated rings. The van der Waals surface area contributed by atoms with Gasteiger partial charge in [-0.2, -0.15) is 0 Å². The zero-order chi connectivity index (χ0) is 48.1. The fourth-order valence-corrected chi connectivity index (χ4v) is 7.72. The molecule has 65 heavy (non-hydrogen) atoms. The number of phosphoric ester groups is 1. The van der Waals surface area contributed by atoms with E-state index in [2.05, 4.69) is 74.6 Å². The number of allylic oxidation sites excluding steroid dienone is 11. The third-order valence-electron chi connectivity index (χ3n) is 10.7. The summed E-state index contributed by atoms with van der Waals surface area (Å²) >= 11 is 0. The van der Waals surface area contributed by atoms with Gasteiger partial charge in [-0.15, -0.1) is 0 Å². The van der Waals surface area contributed by atoms with E-state index in [9.17, 15) is 54.8 Å². The molecule has 1 aliphatic carbocycles. The average molecular weight is 943 g/mol. The van der Waals surface area contributed by atoms with Crippen LogP contribution in [0.1, 0.15) is 155 Å². The molecule has 0 spiro atoms. The molecule has 0 radical (unpaired) electrons. The maximum atomic E-state index is 12.8. The molecule has 15 nitrogen and oxygen atoms in total. The lowest BCUT2D eigenvalue weighted by molar-refractivity contribution is -0.220. The van der Waals surface area contributed by atoms with Gasteiger partial charge in [-0.05, 0) is 83.5 Å². The van der Waals surface area contributed by atoms with Crippen molar-refractivity contribution in [2.24, 2.45) is 0 Å². The summed E-state index contributed by atoms with van der Waals surface area (Å²) in [4.78, 5) is 35.8. The molecule has 10 atom stereocenters. The molecule has 0 amide bonds. The average Bonchev–Trinajstić information content (AvgIpc) is 3.28. The van der Waals surface area contributed by atoms with E-state index in [-0.39, 0.29) is 12.8 Å². The number of hydrogen-bond donors (Lipinski definition) is 8. The molecule has 0 aromatic carbocycles. The van der Waals surface area contributed by atoms with Crippen LogP contribution in [-0.4, -0.2) is 121 Å². The van der Waals surface area contributed by atoms with Gasteiger partial charge in [-0.3, -0.25) is 18.6 Å². The Morgan fingerprint density at radius 1 is 0.554 bits per heavy atom. The van der Waals surface area contributed by atoms with Crippen LogP contribution in [0.3, 0.4) is 0 Å². The SMILES string of the molecule is CC/C=C\C/C=C\C/C=C\C/C=C\C/C=C\CCCCCC(=O)O[C@H](COC(=O)CCCCCCC[C@@H](O)[C@H](O)C/C=C\CCCCC)COP(=O)(O)OC1[C@H](O)[C@H](O)C(O)[C@H](O)[C@H]1O. The molecule has 1 rings (SSSR count). The molecule has 0 aliphatic heterocycles. The van der Waals surface area contributed by atoms with Crippen molar-refractivity contribution in [1.29, 1.82) is 0 Å². The van der Waals surface area contributed by atoms with E-state index in [4.69, 9.17) is 18.5 Å². The zero-order valence-corrected chi connectivity index (χ0v) is 39.9. The van der Waals surface area contributed by atoms with Gasteiger partial charge in [0.25, 0.3) is 0 Å². The fraction of sp³-hybridized carbons (Fsp3) is 0.714. The van der Waals surface area contributed by atoms with Crippen LogP contribution < -0.4 is 0 Å². The van der Waals surface area contributed by atoms with Gasteiger partial charge in [-0.1, -0.05) is 132 Å². The standard InChI is InChI=1S/C49H83O15P/c1-3-5-7-9-11-12-13-14-15-16-17-18-19-20-21-22-23-27-32-36-43(53)63-39(38-62-65(59,60)64-49-47(57)45(55)44(54)46(56)48(49)58)37-61-42(52)35-31-28-24-26-30-34-41(51)40(50)33-29-25-10-8-6-4-2/h5,7,11-12,14-15,17-18,20-21,25,29,39-41,44-51,54-58H,3-4,6,8-10,13,16,19,22-24,26-28,30-38H2,1-2H3,(H,59,60)/b7-5-,12-11-,15-14-,18-17-,21-20-,29-25-/t39-,40-,41-,44?,45-,46+,47-,48-,49?/m1/s1. The maximum Gasteiger partial charge on any atom is 0.472 e. The molecule has 0 aromatic rings. The summed E-state index contributed by atoms with van der Waals surface area (Å²) in [5.74, 6) is -1.26. The number of hydrogen-bond acceptors (Lipinski definition) is 14. The van der Waals surface area contributed by atoms with Crippen LogP contribution in [0.5, 0.6) is 0 Å². The third-order valence-corrected chi connectivity index (χ3v) is 11.7. The highest BCUT2D eigenvalue weighted by Crippen LogP contribution is 2.47. The summed E-state index contributed by atoms with van der Waals surface area (Å²) in [5.41, 5.74) is 0. The first-order chi connectivity index (χ1) is 31.2. The molecule has 0 heterocycles. The Balaban J connectivity index is 2.53. The van der Waals surface area contributed by atoms with Crippen molar-refractivity contribution in [3.63, 3.8) is 0 Å². The smallest absolute Gasteiger partial charge is 0.462 e. The molecule has 0 saturated heterocycles. The van der Waals surface area contributed by atoms with Crippen LogP contribution in [0.25, 0.3) is 0 Å². The Hall–Kier alpha value is -2.79. The van der Waals surface area contributed by atoms with Crippen molar-refractivity contribution in [3.8, 4) is 0 Å². The number of carbonyl (C=O) groups excluding carboxylic acids is 2. The number of rotatable bonds is 38. The Labute approximate surface area is 388 Å². The number of unbranched alkanes of at least 4 members (excludes halogenated alkanes) is 10. The lowest BCUT2D eigenvalue weighted by atomic mass is 9.85. The molecular formula is C49H83O15P. The van der Waals surface area contributed by atoms with Crippen molar-refractivity contribution in [1.82, 2.24) is 0 Å². The molecule has 8 N–H and O–H groups in total. The highest BCUT2D eigenvalue weighted by atomic mass is 31.2. The van der Waals surface area contributed by atoms with E-state index in [0.29, 0.717) is 32.1 Å². The Morgan fingerprint density at radius 2 is 1.03 bits per heavy atom.